The predicted octanol–water partition coefficient (Wildman–Crippen LogP) is 3.14. The van der Waals surface area contributed by atoms with E-state index in [2.05, 4.69) is 4.74 Å². The summed E-state index contributed by atoms with van der Waals surface area (Å²) in [5.74, 6) is -3.34. The molecule has 1 aromatic carbocycles. The molecule has 0 fully saturated rings. The van der Waals surface area contributed by atoms with Crippen LogP contribution in [0.4, 0.5) is 8.78 Å². The van der Waals surface area contributed by atoms with Gasteiger partial charge < -0.3 is 4.74 Å². The minimum atomic E-state index is -1.15. The third-order valence-electron chi connectivity index (χ3n) is 2.17. The first-order chi connectivity index (χ1) is 8.45. The fourth-order valence-electron chi connectivity index (χ4n) is 1.32. The van der Waals surface area contributed by atoms with Crippen LogP contribution in [0.15, 0.2) is 12.1 Å². The third kappa shape index (κ3) is 3.77. The molecule has 0 atom stereocenters. The fraction of sp³-hybridized carbons (Fsp3) is 0.333. The zero-order chi connectivity index (χ0) is 13.7. The molecule has 0 amide bonds. The summed E-state index contributed by atoms with van der Waals surface area (Å²) < 4.78 is 30.4. The SMILES string of the molecule is CCOC(=O)CCC(=O)c1cc(F)c(F)cc1Cl. The summed E-state index contributed by atoms with van der Waals surface area (Å²) in [6.07, 6.45) is -0.286. The minimum absolute atomic E-state index is 0.123. The van der Waals surface area contributed by atoms with Crippen molar-refractivity contribution in [2.75, 3.05) is 6.61 Å². The van der Waals surface area contributed by atoms with E-state index in [-0.39, 0.29) is 30.0 Å². The van der Waals surface area contributed by atoms with Crippen molar-refractivity contribution >= 4 is 23.4 Å². The predicted molar refractivity (Wildman–Crippen MR) is 61.6 cm³/mol. The maximum atomic E-state index is 13.0. The van der Waals surface area contributed by atoms with Crippen LogP contribution in [0, 0.1) is 11.6 Å². The number of benzene rings is 1. The molecule has 0 bridgehead atoms. The Labute approximate surface area is 108 Å². The maximum Gasteiger partial charge on any atom is 0.306 e. The second-order valence-electron chi connectivity index (χ2n) is 3.47. The number of hydrogen-bond acceptors (Lipinski definition) is 3. The van der Waals surface area contributed by atoms with Crippen molar-refractivity contribution in [1.82, 2.24) is 0 Å². The highest BCUT2D eigenvalue weighted by molar-refractivity contribution is 6.34. The number of hydrogen-bond donors (Lipinski definition) is 0. The first kappa shape index (κ1) is 14.6. The molecule has 98 valence electrons. The molecular formula is C12H11ClF2O3. The van der Waals surface area contributed by atoms with Crippen LogP contribution in [-0.2, 0) is 9.53 Å². The maximum absolute atomic E-state index is 13.0. The highest BCUT2D eigenvalue weighted by Gasteiger charge is 2.16. The molecule has 0 aromatic heterocycles. The zero-order valence-corrected chi connectivity index (χ0v) is 10.4. The highest BCUT2D eigenvalue weighted by Crippen LogP contribution is 2.21. The van der Waals surface area contributed by atoms with Crippen LogP contribution in [-0.4, -0.2) is 18.4 Å². The van der Waals surface area contributed by atoms with Gasteiger partial charge in [0.15, 0.2) is 17.4 Å². The average Bonchev–Trinajstić information content (AvgIpc) is 2.31. The molecular weight excluding hydrogens is 266 g/mol. The Morgan fingerprint density at radius 2 is 1.83 bits per heavy atom. The summed E-state index contributed by atoms with van der Waals surface area (Å²) in [5, 5.41) is -0.178. The number of esters is 1. The summed E-state index contributed by atoms with van der Waals surface area (Å²) >= 11 is 5.63. The Morgan fingerprint density at radius 3 is 2.44 bits per heavy atom. The number of carbonyl (C=O) groups is 2. The van der Waals surface area contributed by atoms with Crippen molar-refractivity contribution in [2.24, 2.45) is 0 Å². The zero-order valence-electron chi connectivity index (χ0n) is 9.63. The van der Waals surface area contributed by atoms with Crippen LogP contribution in [0.2, 0.25) is 5.02 Å². The highest BCUT2D eigenvalue weighted by atomic mass is 35.5. The lowest BCUT2D eigenvalue weighted by molar-refractivity contribution is -0.143. The lowest BCUT2D eigenvalue weighted by Crippen LogP contribution is -2.08. The van der Waals surface area contributed by atoms with Gasteiger partial charge in [-0.2, -0.15) is 0 Å². The van der Waals surface area contributed by atoms with Gasteiger partial charge in [-0.3, -0.25) is 9.59 Å². The lowest BCUT2D eigenvalue weighted by atomic mass is 10.1. The standard InChI is InChI=1S/C12H11ClF2O3/c1-2-18-12(17)4-3-11(16)7-5-9(14)10(15)6-8(7)13/h5-6H,2-4H2,1H3. The number of rotatable bonds is 5. The number of ketones is 1. The van der Waals surface area contributed by atoms with Gasteiger partial charge in [-0.1, -0.05) is 11.6 Å². The van der Waals surface area contributed by atoms with Crippen molar-refractivity contribution in [3.05, 3.63) is 34.4 Å². The third-order valence-corrected chi connectivity index (χ3v) is 2.48. The van der Waals surface area contributed by atoms with Crippen molar-refractivity contribution in [1.29, 1.82) is 0 Å². The van der Waals surface area contributed by atoms with Gasteiger partial charge in [0.05, 0.1) is 18.1 Å². The van der Waals surface area contributed by atoms with E-state index in [1.807, 2.05) is 0 Å². The molecule has 0 aliphatic carbocycles. The molecule has 1 rings (SSSR count). The van der Waals surface area contributed by atoms with Crippen LogP contribution in [0.1, 0.15) is 30.1 Å². The van der Waals surface area contributed by atoms with Crippen LogP contribution in [0.25, 0.3) is 0 Å². The van der Waals surface area contributed by atoms with E-state index < -0.39 is 23.4 Å². The van der Waals surface area contributed by atoms with E-state index in [4.69, 9.17) is 11.6 Å². The van der Waals surface area contributed by atoms with Gasteiger partial charge in [0.1, 0.15) is 0 Å². The average molecular weight is 277 g/mol. The molecule has 0 spiro atoms. The minimum Gasteiger partial charge on any atom is -0.466 e. The Hall–Kier alpha value is -1.49. The summed E-state index contributed by atoms with van der Waals surface area (Å²) in [6, 6.07) is 1.46. The lowest BCUT2D eigenvalue weighted by Gasteiger charge is -2.04. The molecule has 0 N–H and O–H groups in total. The molecule has 18 heavy (non-hydrogen) atoms. The topological polar surface area (TPSA) is 43.4 Å². The van der Waals surface area contributed by atoms with Gasteiger partial charge in [-0.15, -0.1) is 0 Å². The number of halogens is 3. The van der Waals surface area contributed by atoms with Crippen molar-refractivity contribution in [3.63, 3.8) is 0 Å². The fourth-order valence-corrected chi connectivity index (χ4v) is 1.58. The Kier molecular flexibility index (Phi) is 5.22. The Morgan fingerprint density at radius 1 is 1.22 bits per heavy atom. The number of carbonyl (C=O) groups excluding carboxylic acids is 2. The Balaban J connectivity index is 2.73. The monoisotopic (exact) mass is 276 g/mol. The normalized spacial score (nSPS) is 10.2. The Bertz CT molecular complexity index is 475. The second-order valence-corrected chi connectivity index (χ2v) is 3.88. The molecule has 1 aromatic rings. The first-order valence-electron chi connectivity index (χ1n) is 5.29. The molecule has 0 saturated heterocycles. The quantitative estimate of drug-likeness (QED) is 0.471. The number of ether oxygens (including phenoxy) is 1. The van der Waals surface area contributed by atoms with E-state index in [1.165, 1.54) is 0 Å². The molecule has 0 unspecified atom stereocenters. The molecule has 0 radical (unpaired) electrons. The first-order valence-corrected chi connectivity index (χ1v) is 5.66. The van der Waals surface area contributed by atoms with Gasteiger partial charge in [0, 0.05) is 12.0 Å². The van der Waals surface area contributed by atoms with E-state index in [0.717, 1.165) is 12.1 Å². The van der Waals surface area contributed by atoms with Crippen molar-refractivity contribution in [3.8, 4) is 0 Å². The summed E-state index contributed by atoms with van der Waals surface area (Å²) in [5.41, 5.74) is -0.139. The van der Waals surface area contributed by atoms with Crippen LogP contribution < -0.4 is 0 Å². The van der Waals surface area contributed by atoms with Gasteiger partial charge in [0.25, 0.3) is 0 Å². The molecule has 0 heterocycles. The van der Waals surface area contributed by atoms with Crippen molar-refractivity contribution in [2.45, 2.75) is 19.8 Å². The molecule has 3 nitrogen and oxygen atoms in total. The second kappa shape index (κ2) is 6.44. The van der Waals surface area contributed by atoms with E-state index >= 15 is 0 Å². The van der Waals surface area contributed by atoms with Gasteiger partial charge >= 0.3 is 5.97 Å². The van der Waals surface area contributed by atoms with Gasteiger partial charge in [-0.25, -0.2) is 8.78 Å². The molecule has 0 aliphatic rings. The van der Waals surface area contributed by atoms with E-state index in [1.54, 1.807) is 6.92 Å². The number of Topliss-reactive ketones (excluding diaryl/α,β-unsaturated/α-hetero) is 1. The van der Waals surface area contributed by atoms with Crippen LogP contribution in [0.5, 0.6) is 0 Å². The molecule has 0 saturated carbocycles. The summed E-state index contributed by atoms with van der Waals surface area (Å²) in [7, 11) is 0. The smallest absolute Gasteiger partial charge is 0.306 e. The largest absolute Gasteiger partial charge is 0.466 e. The van der Waals surface area contributed by atoms with Gasteiger partial charge in [-0.05, 0) is 19.1 Å². The van der Waals surface area contributed by atoms with Gasteiger partial charge in [0.2, 0.25) is 0 Å². The van der Waals surface area contributed by atoms with Crippen LogP contribution in [0.3, 0.4) is 0 Å². The van der Waals surface area contributed by atoms with E-state index in [0.29, 0.717) is 0 Å². The molecule has 6 heteroatoms. The van der Waals surface area contributed by atoms with E-state index in [9.17, 15) is 18.4 Å². The van der Waals surface area contributed by atoms with Crippen molar-refractivity contribution < 1.29 is 23.1 Å². The van der Waals surface area contributed by atoms with Crippen LogP contribution >= 0.6 is 11.6 Å². The summed E-state index contributed by atoms with van der Waals surface area (Å²) in [4.78, 5) is 22.7. The molecule has 0 aliphatic heterocycles. The summed E-state index contributed by atoms with van der Waals surface area (Å²) in [6.45, 7) is 1.87.